The lowest BCUT2D eigenvalue weighted by Crippen LogP contribution is -2.41. The van der Waals surface area contributed by atoms with E-state index in [2.05, 4.69) is 29.7 Å². The van der Waals surface area contributed by atoms with Crippen LogP contribution in [0.2, 0.25) is 0 Å². The predicted octanol–water partition coefficient (Wildman–Crippen LogP) is 2.06. The molecule has 0 heterocycles. The largest absolute Gasteiger partial charge is 0.422 e. The maximum absolute atomic E-state index is 11.9. The fourth-order valence-corrected chi connectivity index (χ4v) is 3.05. The van der Waals surface area contributed by atoms with Crippen molar-refractivity contribution in [3.05, 3.63) is 23.8 Å². The molecule has 1 amide bonds. The standard InChI is InChI=1S/C15H19NO3/c1-3-10-16(14(18)19-11-17)13-7-9-15(2)8-5-4-6-12(13)15/h1,4-6,13,17H,7-11H2,2H3/t13-,15?/m1/s1. The number of fused-ring (bicyclic) bond motifs is 1. The summed E-state index contributed by atoms with van der Waals surface area (Å²) in [5.74, 6) is 2.49. The van der Waals surface area contributed by atoms with E-state index in [4.69, 9.17) is 11.5 Å². The van der Waals surface area contributed by atoms with Crippen LogP contribution in [0.25, 0.3) is 0 Å². The fraction of sp³-hybridized carbons (Fsp3) is 0.533. The summed E-state index contributed by atoms with van der Waals surface area (Å²) < 4.78 is 4.68. The first-order chi connectivity index (χ1) is 9.12. The predicted molar refractivity (Wildman–Crippen MR) is 72.1 cm³/mol. The molecule has 2 atom stereocenters. The Morgan fingerprint density at radius 2 is 2.53 bits per heavy atom. The van der Waals surface area contributed by atoms with Gasteiger partial charge in [0.1, 0.15) is 0 Å². The number of terminal acetylenes is 1. The van der Waals surface area contributed by atoms with Crippen molar-refractivity contribution in [1.29, 1.82) is 0 Å². The van der Waals surface area contributed by atoms with Gasteiger partial charge in [-0.3, -0.25) is 4.90 Å². The molecule has 4 heteroatoms. The van der Waals surface area contributed by atoms with Gasteiger partial charge in [-0.05, 0) is 30.3 Å². The minimum Gasteiger partial charge on any atom is -0.422 e. The number of hydrogen-bond acceptors (Lipinski definition) is 3. The molecule has 2 aliphatic rings. The molecular weight excluding hydrogens is 242 g/mol. The Bertz CT molecular complexity index is 461. The number of hydrogen-bond donors (Lipinski definition) is 1. The van der Waals surface area contributed by atoms with Crippen LogP contribution in [-0.4, -0.2) is 35.5 Å². The van der Waals surface area contributed by atoms with E-state index in [0.717, 1.165) is 19.3 Å². The van der Waals surface area contributed by atoms with Crippen LogP contribution in [0.3, 0.4) is 0 Å². The van der Waals surface area contributed by atoms with Crippen molar-refractivity contribution in [3.63, 3.8) is 0 Å². The highest BCUT2D eigenvalue weighted by Crippen LogP contribution is 2.49. The number of rotatable bonds is 3. The fourth-order valence-electron chi connectivity index (χ4n) is 3.05. The number of amides is 1. The second kappa shape index (κ2) is 5.50. The van der Waals surface area contributed by atoms with Gasteiger partial charge in [-0.25, -0.2) is 4.79 Å². The van der Waals surface area contributed by atoms with Gasteiger partial charge in [-0.1, -0.05) is 31.1 Å². The Balaban J connectivity index is 2.23. The van der Waals surface area contributed by atoms with Crippen molar-refractivity contribution in [2.75, 3.05) is 13.3 Å². The zero-order chi connectivity index (χ0) is 13.9. The van der Waals surface area contributed by atoms with Crippen LogP contribution in [0, 0.1) is 17.8 Å². The first-order valence-corrected chi connectivity index (χ1v) is 6.47. The highest BCUT2D eigenvalue weighted by molar-refractivity contribution is 5.69. The maximum Gasteiger partial charge on any atom is 0.413 e. The van der Waals surface area contributed by atoms with Crippen LogP contribution in [0.4, 0.5) is 4.79 Å². The van der Waals surface area contributed by atoms with Gasteiger partial charge in [0.2, 0.25) is 0 Å². The summed E-state index contributed by atoms with van der Waals surface area (Å²) >= 11 is 0. The summed E-state index contributed by atoms with van der Waals surface area (Å²) in [5, 5.41) is 8.73. The molecule has 1 unspecified atom stereocenters. The molecule has 102 valence electrons. The second-order valence-electron chi connectivity index (χ2n) is 5.24. The minimum atomic E-state index is -0.622. The maximum atomic E-state index is 11.9. The van der Waals surface area contributed by atoms with Gasteiger partial charge in [-0.2, -0.15) is 0 Å². The number of aliphatic hydroxyl groups is 1. The number of aliphatic hydroxyl groups excluding tert-OH is 1. The molecule has 2 aliphatic carbocycles. The Hall–Kier alpha value is -1.73. The molecule has 0 aromatic heterocycles. The van der Waals surface area contributed by atoms with Gasteiger partial charge in [0, 0.05) is 0 Å². The van der Waals surface area contributed by atoms with E-state index in [1.807, 2.05) is 6.08 Å². The summed E-state index contributed by atoms with van der Waals surface area (Å²) in [7, 11) is 0. The summed E-state index contributed by atoms with van der Waals surface area (Å²) in [6.07, 6.45) is 14.0. The van der Waals surface area contributed by atoms with Gasteiger partial charge < -0.3 is 9.84 Å². The van der Waals surface area contributed by atoms with Crippen LogP contribution in [0.5, 0.6) is 0 Å². The van der Waals surface area contributed by atoms with E-state index in [9.17, 15) is 4.79 Å². The topological polar surface area (TPSA) is 49.8 Å². The molecule has 1 fully saturated rings. The number of ether oxygens (including phenoxy) is 1. The molecule has 19 heavy (non-hydrogen) atoms. The van der Waals surface area contributed by atoms with Crippen LogP contribution < -0.4 is 0 Å². The van der Waals surface area contributed by atoms with Gasteiger partial charge in [-0.15, -0.1) is 6.42 Å². The van der Waals surface area contributed by atoms with E-state index in [0.29, 0.717) is 0 Å². The van der Waals surface area contributed by atoms with Crippen LogP contribution >= 0.6 is 0 Å². The second-order valence-corrected chi connectivity index (χ2v) is 5.24. The van der Waals surface area contributed by atoms with Crippen molar-refractivity contribution in [2.24, 2.45) is 5.41 Å². The summed E-state index contributed by atoms with van der Waals surface area (Å²) in [6.45, 7) is 1.79. The average Bonchev–Trinajstić information content (AvgIpc) is 2.73. The third kappa shape index (κ3) is 2.52. The molecule has 0 radical (unpaired) electrons. The SMILES string of the molecule is C#CCN(C(=O)OCO)[C@@H]1CCC2(C)CC=CC=C12. The van der Waals surface area contributed by atoms with Crippen LogP contribution in [0.1, 0.15) is 26.2 Å². The molecule has 2 rings (SSSR count). The molecule has 4 nitrogen and oxygen atoms in total. The molecule has 0 spiro atoms. The smallest absolute Gasteiger partial charge is 0.413 e. The lowest BCUT2D eigenvalue weighted by atomic mass is 9.78. The summed E-state index contributed by atoms with van der Waals surface area (Å²) in [5.41, 5.74) is 1.35. The zero-order valence-electron chi connectivity index (χ0n) is 11.1. The highest BCUT2D eigenvalue weighted by Gasteiger charge is 2.43. The highest BCUT2D eigenvalue weighted by atomic mass is 16.6. The Morgan fingerprint density at radius 3 is 3.21 bits per heavy atom. The Morgan fingerprint density at radius 1 is 1.74 bits per heavy atom. The van der Waals surface area contributed by atoms with Gasteiger partial charge in [0.15, 0.2) is 6.79 Å². The first-order valence-electron chi connectivity index (χ1n) is 6.47. The van der Waals surface area contributed by atoms with Crippen LogP contribution in [0.15, 0.2) is 23.8 Å². The van der Waals surface area contributed by atoms with Crippen LogP contribution in [-0.2, 0) is 4.74 Å². The summed E-state index contributed by atoms with van der Waals surface area (Å²) in [4.78, 5) is 13.4. The quantitative estimate of drug-likeness (QED) is 0.625. The molecule has 0 aliphatic heterocycles. The molecule has 0 bridgehead atoms. The molecule has 0 aromatic carbocycles. The van der Waals surface area contributed by atoms with E-state index >= 15 is 0 Å². The van der Waals surface area contributed by atoms with Crippen molar-refractivity contribution in [2.45, 2.75) is 32.2 Å². The third-order valence-electron chi connectivity index (χ3n) is 4.07. The van der Waals surface area contributed by atoms with Crippen molar-refractivity contribution in [1.82, 2.24) is 4.90 Å². The van der Waals surface area contributed by atoms with E-state index in [1.165, 1.54) is 10.5 Å². The van der Waals surface area contributed by atoms with Crippen molar-refractivity contribution >= 4 is 6.09 Å². The van der Waals surface area contributed by atoms with Gasteiger partial charge >= 0.3 is 6.09 Å². The molecule has 0 aromatic rings. The van der Waals surface area contributed by atoms with Gasteiger partial charge in [0.25, 0.3) is 0 Å². The number of allylic oxidation sites excluding steroid dienone is 3. The number of carbonyl (C=O) groups is 1. The normalized spacial score (nSPS) is 28.3. The lowest BCUT2D eigenvalue weighted by Gasteiger charge is -2.33. The number of nitrogens with zero attached hydrogens (tertiary/aromatic N) is 1. The van der Waals surface area contributed by atoms with E-state index < -0.39 is 12.9 Å². The molecule has 0 saturated heterocycles. The molecule has 1 N–H and O–H groups in total. The summed E-state index contributed by atoms with van der Waals surface area (Å²) in [6, 6.07) is -0.0231. The number of carbonyl (C=O) groups excluding carboxylic acids is 1. The molecular formula is C15H19NO3. The lowest BCUT2D eigenvalue weighted by molar-refractivity contribution is 0.0199. The Labute approximate surface area is 113 Å². The monoisotopic (exact) mass is 261 g/mol. The van der Waals surface area contributed by atoms with Gasteiger partial charge in [0.05, 0.1) is 12.6 Å². The molecule has 1 saturated carbocycles. The van der Waals surface area contributed by atoms with E-state index in [-0.39, 0.29) is 18.0 Å². The van der Waals surface area contributed by atoms with Crippen molar-refractivity contribution < 1.29 is 14.6 Å². The minimum absolute atomic E-state index is 0.0231. The average molecular weight is 261 g/mol. The van der Waals surface area contributed by atoms with Crippen molar-refractivity contribution in [3.8, 4) is 12.3 Å². The third-order valence-corrected chi connectivity index (χ3v) is 4.07. The zero-order valence-corrected chi connectivity index (χ0v) is 11.1. The Kier molecular flexibility index (Phi) is 3.96. The first kappa shape index (κ1) is 13.7. The van der Waals surface area contributed by atoms with E-state index in [1.54, 1.807) is 0 Å².